The molecule has 3 aromatic rings. The molecule has 2 fully saturated rings. The monoisotopic (exact) mass is 808 g/mol. The molecular formula is C51H68O8. The van der Waals surface area contributed by atoms with Crippen molar-refractivity contribution in [2.45, 2.75) is 111 Å². The van der Waals surface area contributed by atoms with Crippen LogP contribution in [-0.2, 0) is 38.3 Å². The lowest BCUT2D eigenvalue weighted by Gasteiger charge is -2.14. The lowest BCUT2D eigenvalue weighted by atomic mass is 9.91. The summed E-state index contributed by atoms with van der Waals surface area (Å²) in [5.74, 6) is 0.987. The van der Waals surface area contributed by atoms with Crippen molar-refractivity contribution in [2.24, 2.45) is 35.5 Å². The molecule has 0 saturated heterocycles. The molecule has 320 valence electrons. The molecule has 3 aromatic carbocycles. The Morgan fingerprint density at radius 3 is 1.47 bits per heavy atom. The zero-order valence-electron chi connectivity index (χ0n) is 35.9. The predicted octanol–water partition coefficient (Wildman–Crippen LogP) is 10.6. The number of benzene rings is 3. The molecule has 0 heterocycles. The predicted molar refractivity (Wildman–Crippen MR) is 236 cm³/mol. The number of carbonyl (C=O) groups excluding carboxylic acids is 7. The quantitative estimate of drug-likeness (QED) is 0.0948. The number of allylic oxidation sites excluding steroid dienone is 2. The maximum absolute atomic E-state index is 11.1. The van der Waals surface area contributed by atoms with Crippen LogP contribution in [0.4, 0.5) is 0 Å². The van der Waals surface area contributed by atoms with E-state index in [2.05, 4.69) is 26.0 Å². The average Bonchev–Trinajstić information content (AvgIpc) is 4.12. The molecular weight excluding hydrogens is 741 g/mol. The molecule has 6 rings (SSSR count). The highest BCUT2D eigenvalue weighted by molar-refractivity contribution is 5.81. The highest BCUT2D eigenvalue weighted by atomic mass is 16.5. The first kappa shape index (κ1) is 51.9. The van der Waals surface area contributed by atoms with Crippen LogP contribution in [0.5, 0.6) is 0 Å². The molecule has 6 unspecified atom stereocenters. The van der Waals surface area contributed by atoms with Crippen molar-refractivity contribution in [3.8, 4) is 0 Å². The van der Waals surface area contributed by atoms with Gasteiger partial charge < -0.3 is 33.5 Å². The molecule has 6 atom stereocenters. The lowest BCUT2D eigenvalue weighted by molar-refractivity contribution is -0.145. The van der Waals surface area contributed by atoms with E-state index in [0.717, 1.165) is 92.9 Å². The number of carbonyl (C=O) groups is 7. The van der Waals surface area contributed by atoms with Gasteiger partial charge in [0.1, 0.15) is 37.7 Å². The van der Waals surface area contributed by atoms with Crippen LogP contribution in [0.1, 0.15) is 127 Å². The van der Waals surface area contributed by atoms with Crippen molar-refractivity contribution in [1.29, 1.82) is 0 Å². The summed E-state index contributed by atoms with van der Waals surface area (Å²) in [5.41, 5.74) is 3.16. The molecule has 0 amide bonds. The number of rotatable bonds is 13. The van der Waals surface area contributed by atoms with Crippen molar-refractivity contribution in [3.63, 3.8) is 0 Å². The van der Waals surface area contributed by atoms with E-state index in [4.69, 9.17) is 4.74 Å². The minimum atomic E-state index is -0.223. The highest BCUT2D eigenvalue weighted by Crippen LogP contribution is 2.37. The smallest absolute Gasteiger partial charge is 0.309 e. The van der Waals surface area contributed by atoms with E-state index >= 15 is 0 Å². The summed E-state index contributed by atoms with van der Waals surface area (Å²) in [5, 5.41) is 0. The fourth-order valence-electron chi connectivity index (χ4n) is 6.11. The third kappa shape index (κ3) is 22.6. The van der Waals surface area contributed by atoms with Crippen LogP contribution in [0, 0.1) is 35.5 Å². The topological polar surface area (TPSA) is 129 Å². The summed E-state index contributed by atoms with van der Waals surface area (Å²) in [6, 6.07) is 29.4. The summed E-state index contributed by atoms with van der Waals surface area (Å²) in [6.45, 7) is 10.2. The number of hydrogen-bond acceptors (Lipinski definition) is 8. The van der Waals surface area contributed by atoms with Gasteiger partial charge in [0.15, 0.2) is 0 Å². The SMILES string of the molecule is CC(C=O)c1ccccc1.CCC(C)C(C)C=O.CCOC(=O)C1CC1C=O.O=CC(c1ccccc1)c1ccccc1.O=CC1CC=CCC1.O=CC1CCCCC1. The van der Waals surface area contributed by atoms with Gasteiger partial charge in [-0.15, -0.1) is 0 Å². The Kier molecular flexibility index (Phi) is 28.9. The Morgan fingerprint density at radius 1 is 0.627 bits per heavy atom. The molecule has 0 aliphatic heterocycles. The van der Waals surface area contributed by atoms with Gasteiger partial charge in [-0.1, -0.05) is 157 Å². The molecule has 0 radical (unpaired) electrons. The molecule has 2 saturated carbocycles. The summed E-state index contributed by atoms with van der Waals surface area (Å²) >= 11 is 0. The van der Waals surface area contributed by atoms with Gasteiger partial charge in [-0.3, -0.25) is 4.79 Å². The van der Waals surface area contributed by atoms with Crippen LogP contribution < -0.4 is 0 Å². The fraction of sp³-hybridized carbons (Fsp3) is 0.471. The molecule has 3 aliphatic carbocycles. The van der Waals surface area contributed by atoms with E-state index in [-0.39, 0.29) is 35.6 Å². The molecule has 0 N–H and O–H groups in total. The van der Waals surface area contributed by atoms with Crippen LogP contribution in [0.2, 0.25) is 0 Å². The maximum Gasteiger partial charge on any atom is 0.309 e. The fourth-order valence-corrected chi connectivity index (χ4v) is 6.11. The van der Waals surface area contributed by atoms with Gasteiger partial charge in [0.25, 0.3) is 0 Å². The minimum absolute atomic E-state index is 0.0289. The lowest BCUT2D eigenvalue weighted by Crippen LogP contribution is -2.07. The van der Waals surface area contributed by atoms with Crippen LogP contribution in [0.3, 0.4) is 0 Å². The van der Waals surface area contributed by atoms with Gasteiger partial charge in [0, 0.05) is 29.6 Å². The van der Waals surface area contributed by atoms with Gasteiger partial charge in [-0.05, 0) is 68.1 Å². The molecule has 0 aromatic heterocycles. The summed E-state index contributed by atoms with van der Waals surface area (Å²) < 4.78 is 4.70. The second-order valence-electron chi connectivity index (χ2n) is 15.3. The van der Waals surface area contributed by atoms with E-state index in [1.165, 1.54) is 19.3 Å². The third-order valence-electron chi connectivity index (χ3n) is 10.7. The molecule has 8 heteroatoms. The number of ether oxygens (including phenoxy) is 1. The summed E-state index contributed by atoms with van der Waals surface area (Å²) in [4.78, 5) is 72.7. The van der Waals surface area contributed by atoms with E-state index in [1.807, 2.05) is 105 Å². The Labute approximate surface area is 353 Å². The Hall–Kier alpha value is -5.11. The van der Waals surface area contributed by atoms with Gasteiger partial charge in [-0.25, -0.2) is 0 Å². The first-order chi connectivity index (χ1) is 28.6. The van der Waals surface area contributed by atoms with Gasteiger partial charge in [0.2, 0.25) is 0 Å². The first-order valence-corrected chi connectivity index (χ1v) is 21.3. The van der Waals surface area contributed by atoms with E-state index < -0.39 is 0 Å². The van der Waals surface area contributed by atoms with Crippen molar-refractivity contribution in [2.75, 3.05) is 6.61 Å². The molecule has 8 nitrogen and oxygen atoms in total. The van der Waals surface area contributed by atoms with Gasteiger partial charge in [-0.2, -0.15) is 0 Å². The van der Waals surface area contributed by atoms with Gasteiger partial charge >= 0.3 is 5.97 Å². The van der Waals surface area contributed by atoms with Crippen molar-refractivity contribution >= 4 is 43.7 Å². The van der Waals surface area contributed by atoms with Crippen LogP contribution in [0.25, 0.3) is 0 Å². The van der Waals surface area contributed by atoms with Gasteiger partial charge in [0.05, 0.1) is 18.4 Å². The molecule has 59 heavy (non-hydrogen) atoms. The van der Waals surface area contributed by atoms with Crippen molar-refractivity contribution in [1.82, 2.24) is 0 Å². The van der Waals surface area contributed by atoms with Crippen molar-refractivity contribution in [3.05, 3.63) is 120 Å². The normalized spacial score (nSPS) is 18.9. The second kappa shape index (κ2) is 32.8. The Bertz CT molecular complexity index is 1550. The zero-order chi connectivity index (χ0) is 43.7. The largest absolute Gasteiger partial charge is 0.466 e. The Morgan fingerprint density at radius 2 is 1.15 bits per heavy atom. The zero-order valence-corrected chi connectivity index (χ0v) is 35.9. The highest BCUT2D eigenvalue weighted by Gasteiger charge is 2.43. The number of aldehydes is 6. The average molecular weight is 809 g/mol. The molecule has 0 bridgehead atoms. The Balaban J connectivity index is 0.000000361. The number of hydrogen-bond donors (Lipinski definition) is 0. The minimum Gasteiger partial charge on any atom is -0.466 e. The van der Waals surface area contributed by atoms with Crippen LogP contribution >= 0.6 is 0 Å². The van der Waals surface area contributed by atoms with E-state index in [1.54, 1.807) is 6.92 Å². The second-order valence-corrected chi connectivity index (χ2v) is 15.3. The third-order valence-corrected chi connectivity index (χ3v) is 10.7. The van der Waals surface area contributed by atoms with E-state index in [9.17, 15) is 33.6 Å². The molecule has 0 spiro atoms. The summed E-state index contributed by atoms with van der Waals surface area (Å²) in [6.07, 6.45) is 21.2. The molecule has 3 aliphatic rings. The number of esters is 1. The first-order valence-electron chi connectivity index (χ1n) is 21.3. The standard InChI is InChI=1S/C14H12O.C9H10O.C7H10O3.C7H12O.C7H10O.C7H14O/c15-11-14(12-7-3-1-4-8-12)13-9-5-2-6-10-13;1-8(7-10)9-5-3-2-4-6-9;1-2-10-7(9)6-3-5(6)4-8;2*8-6-7-4-2-1-3-5-7;1-4-6(2)7(3)5-8/h1-11,14H;2-8H,1H3;4-6H,2-3H2,1H3;6-7H,1-5H2;1-2,6-7H,3-5H2;5-7H,4H2,1-3H3. The van der Waals surface area contributed by atoms with Crippen LogP contribution in [0.15, 0.2) is 103 Å². The maximum atomic E-state index is 11.1. The van der Waals surface area contributed by atoms with Crippen molar-refractivity contribution < 1.29 is 38.3 Å². The summed E-state index contributed by atoms with van der Waals surface area (Å²) in [7, 11) is 0. The van der Waals surface area contributed by atoms with Crippen LogP contribution in [-0.4, -0.2) is 50.3 Å². The van der Waals surface area contributed by atoms with E-state index in [0.29, 0.717) is 30.8 Å².